The zero-order chi connectivity index (χ0) is 18.0. The minimum atomic E-state index is -1.08. The summed E-state index contributed by atoms with van der Waals surface area (Å²) in [5.74, 6) is -3.09. The number of rotatable bonds is 7. The minimum Gasteiger partial charge on any atom is -0.481 e. The number of carbonyl (C=O) groups excluding carboxylic acids is 2. The van der Waals surface area contributed by atoms with E-state index < -0.39 is 23.9 Å². The standard InChI is InChI=1S/2C4H7NO2.C4H6O4/c2*1-3-4(6)7-5-2;5-3(6)1-2-4(7)8/h2*3,5H,1H2,2H3;1-2H2,(H,5,6)(H,7,8). The smallest absolute Gasteiger partial charge is 0.348 e. The molecule has 0 aliphatic carbocycles. The molecule has 0 aromatic heterocycles. The van der Waals surface area contributed by atoms with Gasteiger partial charge in [0.2, 0.25) is 0 Å². The van der Waals surface area contributed by atoms with Crippen molar-refractivity contribution in [2.75, 3.05) is 14.1 Å². The van der Waals surface area contributed by atoms with E-state index >= 15 is 0 Å². The Labute approximate surface area is 127 Å². The molecule has 0 radical (unpaired) electrons. The summed E-state index contributed by atoms with van der Waals surface area (Å²) in [5, 5.41) is 15.8. The average Bonchev–Trinajstić information content (AvgIpc) is 2.46. The largest absolute Gasteiger partial charge is 0.481 e. The van der Waals surface area contributed by atoms with Crippen molar-refractivity contribution in [3.05, 3.63) is 25.3 Å². The average molecular weight is 320 g/mol. The fraction of sp³-hybridized carbons (Fsp3) is 0.333. The van der Waals surface area contributed by atoms with Gasteiger partial charge < -0.3 is 19.9 Å². The Hall–Kier alpha value is -2.72. The number of hydrogen-bond donors (Lipinski definition) is 4. The summed E-state index contributed by atoms with van der Waals surface area (Å²) in [5.41, 5.74) is 4.40. The molecule has 0 saturated heterocycles. The molecule has 0 aliphatic heterocycles. The Bertz CT molecular complexity index is 345. The van der Waals surface area contributed by atoms with Gasteiger partial charge in [0.05, 0.1) is 12.8 Å². The van der Waals surface area contributed by atoms with Crippen LogP contribution >= 0.6 is 0 Å². The summed E-state index contributed by atoms with van der Waals surface area (Å²) in [6.45, 7) is 6.33. The van der Waals surface area contributed by atoms with Crippen molar-refractivity contribution in [3.8, 4) is 0 Å². The number of aliphatic carboxylic acids is 2. The van der Waals surface area contributed by atoms with Gasteiger partial charge in [0.25, 0.3) is 0 Å². The van der Waals surface area contributed by atoms with Crippen LogP contribution in [0.5, 0.6) is 0 Å². The molecule has 0 bridgehead atoms. The van der Waals surface area contributed by atoms with Crippen LogP contribution in [0, 0.1) is 0 Å². The van der Waals surface area contributed by atoms with E-state index in [2.05, 4.69) is 33.8 Å². The molecule has 0 saturated carbocycles. The maximum Gasteiger partial charge on any atom is 0.348 e. The molecule has 0 amide bonds. The van der Waals surface area contributed by atoms with Gasteiger partial charge >= 0.3 is 23.9 Å². The Kier molecular flexibility index (Phi) is 20.2. The van der Waals surface area contributed by atoms with Gasteiger partial charge in [0.15, 0.2) is 0 Å². The van der Waals surface area contributed by atoms with E-state index in [1.54, 1.807) is 0 Å². The van der Waals surface area contributed by atoms with E-state index in [0.29, 0.717) is 0 Å². The van der Waals surface area contributed by atoms with Gasteiger partial charge in [-0.15, -0.1) is 0 Å². The highest BCUT2D eigenvalue weighted by atomic mass is 16.7. The molecule has 0 aliphatic rings. The molecule has 0 spiro atoms. The highest BCUT2D eigenvalue weighted by molar-refractivity contribution is 5.81. The first-order chi connectivity index (χ1) is 10.2. The van der Waals surface area contributed by atoms with Crippen LogP contribution in [0.2, 0.25) is 0 Å². The van der Waals surface area contributed by atoms with Crippen molar-refractivity contribution < 1.29 is 39.1 Å². The molecule has 0 unspecified atom stereocenters. The van der Waals surface area contributed by atoms with Crippen LogP contribution in [0.15, 0.2) is 25.3 Å². The molecule has 10 nitrogen and oxygen atoms in total. The maximum atomic E-state index is 10.0. The van der Waals surface area contributed by atoms with Gasteiger partial charge in [-0.1, -0.05) is 13.2 Å². The zero-order valence-corrected chi connectivity index (χ0v) is 12.3. The minimum absolute atomic E-state index is 0.296. The third-order valence-corrected chi connectivity index (χ3v) is 1.29. The van der Waals surface area contributed by atoms with E-state index in [4.69, 9.17) is 10.2 Å². The predicted octanol–water partition coefficient (Wildman–Crippen LogP) is -0.364. The fourth-order valence-corrected chi connectivity index (χ4v) is 0.498. The van der Waals surface area contributed by atoms with Crippen molar-refractivity contribution in [1.82, 2.24) is 11.0 Å². The van der Waals surface area contributed by atoms with Crippen molar-refractivity contribution in [1.29, 1.82) is 0 Å². The first-order valence-corrected chi connectivity index (χ1v) is 5.68. The van der Waals surface area contributed by atoms with Gasteiger partial charge in [-0.2, -0.15) is 11.0 Å². The molecular weight excluding hydrogens is 300 g/mol. The SMILES string of the molecule is C=CC(=O)ONC.C=CC(=O)ONC.O=C(O)CCC(=O)O. The van der Waals surface area contributed by atoms with E-state index in [9.17, 15) is 19.2 Å². The van der Waals surface area contributed by atoms with Gasteiger partial charge in [0, 0.05) is 26.2 Å². The lowest BCUT2D eigenvalue weighted by atomic mass is 10.3. The van der Waals surface area contributed by atoms with Gasteiger partial charge in [-0.3, -0.25) is 9.59 Å². The van der Waals surface area contributed by atoms with Gasteiger partial charge in [-0.05, 0) is 0 Å². The monoisotopic (exact) mass is 320 g/mol. The van der Waals surface area contributed by atoms with Crippen LogP contribution < -0.4 is 11.0 Å². The zero-order valence-electron chi connectivity index (χ0n) is 12.3. The predicted molar refractivity (Wildman–Crippen MR) is 75.2 cm³/mol. The third kappa shape index (κ3) is 30.4. The second-order valence-corrected chi connectivity index (χ2v) is 2.95. The lowest BCUT2D eigenvalue weighted by molar-refractivity contribution is -0.144. The summed E-state index contributed by atoms with van der Waals surface area (Å²) in [7, 11) is 3.00. The van der Waals surface area contributed by atoms with Crippen molar-refractivity contribution in [2.45, 2.75) is 12.8 Å². The Morgan fingerprint density at radius 2 is 1.14 bits per heavy atom. The molecule has 0 rings (SSSR count). The van der Waals surface area contributed by atoms with E-state index in [0.717, 1.165) is 12.2 Å². The molecule has 0 aromatic carbocycles. The van der Waals surface area contributed by atoms with Crippen LogP contribution in [0.4, 0.5) is 0 Å². The van der Waals surface area contributed by atoms with Crippen LogP contribution in [0.25, 0.3) is 0 Å². The normalized spacial score (nSPS) is 7.91. The van der Waals surface area contributed by atoms with Gasteiger partial charge in [-0.25, -0.2) is 9.59 Å². The molecule has 0 atom stereocenters. The van der Waals surface area contributed by atoms with Gasteiger partial charge in [0.1, 0.15) is 0 Å². The maximum absolute atomic E-state index is 10.0. The number of carbonyl (C=O) groups is 4. The Morgan fingerprint density at radius 3 is 1.23 bits per heavy atom. The number of hydroxylamine groups is 2. The molecule has 0 aromatic rings. The quantitative estimate of drug-likeness (QED) is 0.361. The molecule has 4 N–H and O–H groups in total. The number of carboxylic acid groups (broad SMARTS) is 2. The number of hydrogen-bond acceptors (Lipinski definition) is 8. The van der Waals surface area contributed by atoms with E-state index in [1.807, 2.05) is 0 Å². The first kappa shape index (κ1) is 24.3. The summed E-state index contributed by atoms with van der Waals surface area (Å²) in [4.78, 5) is 47.7. The van der Waals surface area contributed by atoms with Crippen LogP contribution in [-0.4, -0.2) is 48.2 Å². The molecule has 0 fully saturated rings. The summed E-state index contributed by atoms with van der Waals surface area (Å²) in [6, 6.07) is 0. The molecular formula is C12H20N2O8. The highest BCUT2D eigenvalue weighted by Gasteiger charge is 2.00. The summed E-state index contributed by atoms with van der Waals surface area (Å²) < 4.78 is 0. The van der Waals surface area contributed by atoms with Crippen molar-refractivity contribution in [3.63, 3.8) is 0 Å². The molecule has 10 heteroatoms. The lowest BCUT2D eigenvalue weighted by Crippen LogP contribution is -2.11. The molecule has 126 valence electrons. The van der Waals surface area contributed by atoms with Crippen LogP contribution in [0.1, 0.15) is 12.8 Å². The number of nitrogens with one attached hydrogen (secondary N) is 2. The molecule has 22 heavy (non-hydrogen) atoms. The second-order valence-electron chi connectivity index (χ2n) is 2.95. The first-order valence-electron chi connectivity index (χ1n) is 5.68. The second kappa shape index (κ2) is 18.3. The van der Waals surface area contributed by atoms with Crippen LogP contribution in [0.3, 0.4) is 0 Å². The topological polar surface area (TPSA) is 151 Å². The lowest BCUT2D eigenvalue weighted by Gasteiger charge is -1.91. The summed E-state index contributed by atoms with van der Waals surface area (Å²) >= 11 is 0. The Morgan fingerprint density at radius 1 is 0.864 bits per heavy atom. The summed E-state index contributed by atoms with van der Waals surface area (Å²) in [6.07, 6.45) is 1.57. The molecule has 0 heterocycles. The van der Waals surface area contributed by atoms with Crippen LogP contribution in [-0.2, 0) is 28.9 Å². The highest BCUT2D eigenvalue weighted by Crippen LogP contribution is 1.86. The van der Waals surface area contributed by atoms with E-state index in [1.165, 1.54) is 14.1 Å². The number of carboxylic acids is 2. The fourth-order valence-electron chi connectivity index (χ4n) is 0.498. The van der Waals surface area contributed by atoms with Crippen molar-refractivity contribution >= 4 is 23.9 Å². The Balaban J connectivity index is -0.000000247. The van der Waals surface area contributed by atoms with Crippen molar-refractivity contribution in [2.24, 2.45) is 0 Å². The third-order valence-electron chi connectivity index (χ3n) is 1.29. The van der Waals surface area contributed by atoms with E-state index in [-0.39, 0.29) is 12.8 Å².